The molecule has 24 heavy (non-hydrogen) atoms. The molecule has 122 valence electrons. The fraction of sp³-hybridized carbons (Fsp3) is 0.111. The summed E-state index contributed by atoms with van der Waals surface area (Å²) in [6, 6.07) is 14.2. The van der Waals surface area contributed by atoms with E-state index in [9.17, 15) is 9.59 Å². The minimum absolute atomic E-state index is 0.152. The van der Waals surface area contributed by atoms with Crippen molar-refractivity contribution < 1.29 is 14.0 Å². The third kappa shape index (κ3) is 3.91. The summed E-state index contributed by atoms with van der Waals surface area (Å²) < 4.78 is 5.11. The van der Waals surface area contributed by atoms with Gasteiger partial charge in [0.15, 0.2) is 5.76 Å². The molecule has 2 aromatic heterocycles. The Morgan fingerprint density at radius 1 is 1.12 bits per heavy atom. The third-order valence-electron chi connectivity index (χ3n) is 3.33. The first-order valence-electron chi connectivity index (χ1n) is 7.40. The topological polar surface area (TPSA) is 71.3 Å². The average Bonchev–Trinajstić information content (AvgIpc) is 3.24. The number of urea groups is 1. The molecule has 0 fully saturated rings. The summed E-state index contributed by atoms with van der Waals surface area (Å²) in [6.45, 7) is 2.32. The number of hydrogen-bond donors (Lipinski definition) is 2. The summed E-state index contributed by atoms with van der Waals surface area (Å²) in [5.74, 6) is 0.161. The van der Waals surface area contributed by atoms with Gasteiger partial charge in [-0.2, -0.15) is 0 Å². The maximum atomic E-state index is 12.1. The molecule has 0 bridgehead atoms. The molecular weight excluding hydrogens is 324 g/mol. The van der Waals surface area contributed by atoms with Crippen LogP contribution < -0.4 is 10.6 Å². The van der Waals surface area contributed by atoms with E-state index in [4.69, 9.17) is 4.42 Å². The van der Waals surface area contributed by atoms with Crippen LogP contribution in [0.1, 0.15) is 25.9 Å². The van der Waals surface area contributed by atoms with Crippen LogP contribution in [0.3, 0.4) is 0 Å². The average molecular weight is 340 g/mol. The summed E-state index contributed by atoms with van der Waals surface area (Å²) in [7, 11) is 0. The molecule has 0 saturated heterocycles. The number of anilines is 1. The van der Waals surface area contributed by atoms with Crippen LogP contribution in [0.4, 0.5) is 10.5 Å². The van der Waals surface area contributed by atoms with Crippen LogP contribution in [0.15, 0.2) is 59.2 Å². The summed E-state index contributed by atoms with van der Waals surface area (Å²) in [5.41, 5.74) is 1.82. The molecule has 2 heterocycles. The Morgan fingerprint density at radius 2 is 2.00 bits per heavy atom. The van der Waals surface area contributed by atoms with Crippen LogP contribution in [0.2, 0.25) is 0 Å². The predicted octanol–water partition coefficient (Wildman–Crippen LogP) is 4.20. The normalized spacial score (nSPS) is 10.4. The highest BCUT2D eigenvalue weighted by Gasteiger charge is 2.14. The summed E-state index contributed by atoms with van der Waals surface area (Å²) in [5, 5.41) is 5.56. The molecule has 0 radical (unpaired) electrons. The Labute approximate surface area is 143 Å². The molecular formula is C18H16N2O3S. The summed E-state index contributed by atoms with van der Waals surface area (Å²) >= 11 is 1.34. The summed E-state index contributed by atoms with van der Waals surface area (Å²) in [4.78, 5) is 25.6. The van der Waals surface area contributed by atoms with E-state index in [1.54, 1.807) is 18.2 Å². The van der Waals surface area contributed by atoms with Crippen molar-refractivity contribution in [2.75, 3.05) is 5.32 Å². The van der Waals surface area contributed by atoms with Gasteiger partial charge >= 0.3 is 6.03 Å². The van der Waals surface area contributed by atoms with Crippen molar-refractivity contribution >= 4 is 28.8 Å². The number of aryl methyl sites for hydroxylation is 1. The van der Waals surface area contributed by atoms with E-state index in [2.05, 4.69) is 10.6 Å². The maximum absolute atomic E-state index is 12.1. The van der Waals surface area contributed by atoms with Crippen LogP contribution >= 0.6 is 11.3 Å². The molecule has 0 spiro atoms. The fourth-order valence-corrected chi connectivity index (χ4v) is 3.08. The monoisotopic (exact) mass is 340 g/mol. The van der Waals surface area contributed by atoms with Crippen molar-refractivity contribution in [2.24, 2.45) is 0 Å². The van der Waals surface area contributed by atoms with Crippen molar-refractivity contribution in [1.82, 2.24) is 5.32 Å². The van der Waals surface area contributed by atoms with Gasteiger partial charge in [-0.1, -0.05) is 12.1 Å². The van der Waals surface area contributed by atoms with E-state index in [1.807, 2.05) is 37.3 Å². The lowest BCUT2D eigenvalue weighted by Crippen LogP contribution is -2.27. The highest BCUT2D eigenvalue weighted by molar-refractivity contribution is 7.14. The minimum atomic E-state index is -0.284. The van der Waals surface area contributed by atoms with E-state index < -0.39 is 0 Å². The van der Waals surface area contributed by atoms with Gasteiger partial charge in [-0.15, -0.1) is 11.3 Å². The quantitative estimate of drug-likeness (QED) is 0.684. The van der Waals surface area contributed by atoms with E-state index in [0.717, 1.165) is 16.1 Å². The van der Waals surface area contributed by atoms with E-state index >= 15 is 0 Å². The number of benzene rings is 1. The molecule has 5 nitrogen and oxygen atoms in total. The summed E-state index contributed by atoms with van der Waals surface area (Å²) in [6.07, 6.45) is 1.47. The van der Waals surface area contributed by atoms with Gasteiger partial charge in [-0.25, -0.2) is 4.79 Å². The first-order chi connectivity index (χ1) is 11.6. The van der Waals surface area contributed by atoms with Gasteiger partial charge in [0.05, 0.1) is 17.7 Å². The molecule has 0 saturated carbocycles. The van der Waals surface area contributed by atoms with Crippen molar-refractivity contribution in [3.05, 3.63) is 75.9 Å². The Morgan fingerprint density at radius 3 is 2.75 bits per heavy atom. The zero-order chi connectivity index (χ0) is 16.9. The number of thiophene rings is 1. The van der Waals surface area contributed by atoms with Crippen molar-refractivity contribution in [2.45, 2.75) is 13.5 Å². The standard InChI is InChI=1S/C18H16N2O3S/c1-12-4-2-5-13(10-12)20-18(22)19-11-14-7-8-16(24-14)17(21)15-6-3-9-23-15/h2-10H,11H2,1H3,(H2,19,20,22). The Kier molecular flexibility index (Phi) is 4.77. The first-order valence-corrected chi connectivity index (χ1v) is 8.22. The van der Waals surface area contributed by atoms with Gasteiger partial charge in [0.25, 0.3) is 0 Å². The number of amides is 2. The molecule has 1 aromatic carbocycles. The lowest BCUT2D eigenvalue weighted by atomic mass is 10.2. The van der Waals surface area contributed by atoms with Gasteiger partial charge < -0.3 is 15.1 Å². The number of nitrogens with one attached hydrogen (secondary N) is 2. The van der Waals surface area contributed by atoms with Gasteiger partial charge in [-0.05, 0) is 48.9 Å². The largest absolute Gasteiger partial charge is 0.461 e. The molecule has 3 aromatic rings. The number of carbonyl (C=O) groups excluding carboxylic acids is 2. The lowest BCUT2D eigenvalue weighted by molar-refractivity contribution is 0.101. The second kappa shape index (κ2) is 7.14. The Hall–Kier alpha value is -2.86. The van der Waals surface area contributed by atoms with E-state index in [1.165, 1.54) is 17.6 Å². The molecule has 6 heteroatoms. The molecule has 2 amide bonds. The molecule has 0 aliphatic carbocycles. The van der Waals surface area contributed by atoms with Gasteiger partial charge in [0.1, 0.15) is 0 Å². The van der Waals surface area contributed by atoms with Crippen LogP contribution in [0, 0.1) is 6.92 Å². The zero-order valence-electron chi connectivity index (χ0n) is 13.0. The lowest BCUT2D eigenvalue weighted by Gasteiger charge is -2.07. The zero-order valence-corrected chi connectivity index (χ0v) is 13.9. The second-order valence-corrected chi connectivity index (χ2v) is 6.42. The fourth-order valence-electron chi connectivity index (χ4n) is 2.19. The number of hydrogen-bond acceptors (Lipinski definition) is 4. The highest BCUT2D eigenvalue weighted by Crippen LogP contribution is 2.20. The molecule has 3 rings (SSSR count). The molecule has 0 aliphatic heterocycles. The molecule has 0 unspecified atom stereocenters. The van der Waals surface area contributed by atoms with Crippen LogP contribution in [0.25, 0.3) is 0 Å². The van der Waals surface area contributed by atoms with Gasteiger partial charge in [-0.3, -0.25) is 4.79 Å². The number of carbonyl (C=O) groups is 2. The third-order valence-corrected chi connectivity index (χ3v) is 4.41. The van der Waals surface area contributed by atoms with Crippen molar-refractivity contribution in [3.8, 4) is 0 Å². The van der Waals surface area contributed by atoms with Crippen LogP contribution in [0.5, 0.6) is 0 Å². The molecule has 2 N–H and O–H groups in total. The minimum Gasteiger partial charge on any atom is -0.461 e. The maximum Gasteiger partial charge on any atom is 0.319 e. The smallest absolute Gasteiger partial charge is 0.319 e. The second-order valence-electron chi connectivity index (χ2n) is 5.25. The Bertz CT molecular complexity index is 853. The predicted molar refractivity (Wildman–Crippen MR) is 93.5 cm³/mol. The molecule has 0 atom stereocenters. The number of ketones is 1. The van der Waals surface area contributed by atoms with Crippen molar-refractivity contribution in [1.29, 1.82) is 0 Å². The first kappa shape index (κ1) is 16.0. The van der Waals surface area contributed by atoms with Crippen LogP contribution in [-0.4, -0.2) is 11.8 Å². The van der Waals surface area contributed by atoms with Gasteiger partial charge in [0, 0.05) is 10.6 Å². The molecule has 0 aliphatic rings. The number of furan rings is 1. The van der Waals surface area contributed by atoms with Crippen molar-refractivity contribution in [3.63, 3.8) is 0 Å². The highest BCUT2D eigenvalue weighted by atomic mass is 32.1. The van der Waals surface area contributed by atoms with E-state index in [-0.39, 0.29) is 11.8 Å². The SMILES string of the molecule is Cc1cccc(NC(=O)NCc2ccc(C(=O)c3ccco3)s2)c1. The Balaban J connectivity index is 1.55. The van der Waals surface area contributed by atoms with Gasteiger partial charge in [0.2, 0.25) is 5.78 Å². The van der Waals surface area contributed by atoms with E-state index in [0.29, 0.717) is 17.2 Å². The van der Waals surface area contributed by atoms with Crippen LogP contribution in [-0.2, 0) is 6.54 Å². The number of rotatable bonds is 5.